The van der Waals surface area contributed by atoms with Crippen molar-refractivity contribution in [3.63, 3.8) is 0 Å². The van der Waals surface area contributed by atoms with Gasteiger partial charge in [-0.15, -0.1) is 0 Å². The van der Waals surface area contributed by atoms with Gasteiger partial charge < -0.3 is 10.1 Å². The summed E-state index contributed by atoms with van der Waals surface area (Å²) >= 11 is 0. The van der Waals surface area contributed by atoms with Crippen LogP contribution in [-0.4, -0.2) is 6.54 Å². The highest BCUT2D eigenvalue weighted by Crippen LogP contribution is 2.27. The van der Waals surface area contributed by atoms with Crippen LogP contribution in [0.15, 0.2) is 42.5 Å². The zero-order valence-electron chi connectivity index (χ0n) is 12.2. The fourth-order valence-corrected chi connectivity index (χ4v) is 2.02. The summed E-state index contributed by atoms with van der Waals surface area (Å²) in [6, 6.07) is 11.4. The van der Waals surface area contributed by atoms with Crippen LogP contribution in [0.5, 0.6) is 11.5 Å². The van der Waals surface area contributed by atoms with Crippen LogP contribution in [0, 0.1) is 11.6 Å². The topological polar surface area (TPSA) is 21.3 Å². The molecular formula is C17H19F2NO. The zero-order valence-corrected chi connectivity index (χ0v) is 12.2. The van der Waals surface area contributed by atoms with Gasteiger partial charge in [0.2, 0.25) is 5.82 Å². The standard InChI is InChI=1S/C17H19F2NO/c1-3-10-20-12(2)13-6-4-7-14(11-13)21-16-9-5-8-15(18)17(16)19/h4-9,11-12,20H,3,10H2,1-2H3. The minimum atomic E-state index is -0.972. The average Bonchev–Trinajstić information content (AvgIpc) is 2.50. The molecule has 1 unspecified atom stereocenters. The second-order valence-corrected chi connectivity index (χ2v) is 4.90. The lowest BCUT2D eigenvalue weighted by atomic mass is 10.1. The molecule has 0 saturated carbocycles. The van der Waals surface area contributed by atoms with Gasteiger partial charge in [0.05, 0.1) is 0 Å². The second kappa shape index (κ2) is 7.18. The van der Waals surface area contributed by atoms with Crippen molar-refractivity contribution >= 4 is 0 Å². The van der Waals surface area contributed by atoms with Crippen LogP contribution in [0.2, 0.25) is 0 Å². The average molecular weight is 291 g/mol. The fraction of sp³-hybridized carbons (Fsp3) is 0.294. The molecular weight excluding hydrogens is 272 g/mol. The van der Waals surface area contributed by atoms with E-state index in [9.17, 15) is 8.78 Å². The number of halogens is 2. The number of benzene rings is 2. The molecule has 112 valence electrons. The molecule has 0 aliphatic rings. The fourth-order valence-electron chi connectivity index (χ4n) is 2.02. The third kappa shape index (κ3) is 4.02. The van der Waals surface area contributed by atoms with Crippen molar-refractivity contribution in [2.24, 2.45) is 0 Å². The molecule has 0 fully saturated rings. The molecule has 1 atom stereocenters. The molecule has 0 amide bonds. The highest BCUT2D eigenvalue weighted by atomic mass is 19.2. The Labute approximate surface area is 123 Å². The van der Waals surface area contributed by atoms with Gasteiger partial charge >= 0.3 is 0 Å². The number of hydrogen-bond acceptors (Lipinski definition) is 2. The minimum absolute atomic E-state index is 0.110. The lowest BCUT2D eigenvalue weighted by molar-refractivity contribution is 0.415. The van der Waals surface area contributed by atoms with Crippen LogP contribution in [0.4, 0.5) is 8.78 Å². The quantitative estimate of drug-likeness (QED) is 0.824. The molecule has 2 rings (SSSR count). The first-order chi connectivity index (χ1) is 10.1. The largest absolute Gasteiger partial charge is 0.454 e. The predicted molar refractivity (Wildman–Crippen MR) is 79.6 cm³/mol. The Bertz CT molecular complexity index is 601. The number of rotatable bonds is 6. The summed E-state index contributed by atoms with van der Waals surface area (Å²) in [6.45, 7) is 5.08. The van der Waals surface area contributed by atoms with Gasteiger partial charge in [0, 0.05) is 6.04 Å². The molecule has 0 aliphatic carbocycles. The Hall–Kier alpha value is -1.94. The molecule has 2 aromatic carbocycles. The van der Waals surface area contributed by atoms with E-state index in [1.54, 1.807) is 6.07 Å². The van der Waals surface area contributed by atoms with Crippen molar-refractivity contribution in [2.45, 2.75) is 26.3 Å². The van der Waals surface area contributed by atoms with Crippen LogP contribution in [0.1, 0.15) is 31.9 Å². The molecule has 0 radical (unpaired) electrons. The first-order valence-electron chi connectivity index (χ1n) is 7.07. The van der Waals surface area contributed by atoms with Gasteiger partial charge in [-0.1, -0.05) is 25.1 Å². The molecule has 21 heavy (non-hydrogen) atoms. The van der Waals surface area contributed by atoms with Gasteiger partial charge in [0.15, 0.2) is 11.6 Å². The van der Waals surface area contributed by atoms with Crippen LogP contribution < -0.4 is 10.1 Å². The van der Waals surface area contributed by atoms with Crippen molar-refractivity contribution in [2.75, 3.05) is 6.54 Å². The molecule has 1 N–H and O–H groups in total. The predicted octanol–water partition coefficient (Wildman–Crippen LogP) is 4.82. The van der Waals surface area contributed by atoms with Gasteiger partial charge in [0.1, 0.15) is 5.75 Å². The molecule has 2 aromatic rings. The summed E-state index contributed by atoms with van der Waals surface area (Å²) < 4.78 is 32.2. The van der Waals surface area contributed by atoms with E-state index in [0.29, 0.717) is 5.75 Å². The van der Waals surface area contributed by atoms with Gasteiger partial charge in [-0.2, -0.15) is 4.39 Å². The van der Waals surface area contributed by atoms with Gasteiger partial charge in [-0.3, -0.25) is 0 Å². The SMILES string of the molecule is CCCNC(C)c1cccc(Oc2cccc(F)c2F)c1. The summed E-state index contributed by atoms with van der Waals surface area (Å²) in [4.78, 5) is 0. The Balaban J connectivity index is 2.16. The summed E-state index contributed by atoms with van der Waals surface area (Å²) in [6.07, 6.45) is 1.05. The van der Waals surface area contributed by atoms with E-state index in [0.717, 1.165) is 24.6 Å². The molecule has 0 bridgehead atoms. The van der Waals surface area contributed by atoms with Crippen molar-refractivity contribution < 1.29 is 13.5 Å². The van der Waals surface area contributed by atoms with E-state index < -0.39 is 11.6 Å². The lowest BCUT2D eigenvalue weighted by Crippen LogP contribution is -2.19. The van der Waals surface area contributed by atoms with Gasteiger partial charge in [0.25, 0.3) is 0 Å². The smallest absolute Gasteiger partial charge is 0.201 e. The number of nitrogens with one attached hydrogen (secondary N) is 1. The first-order valence-corrected chi connectivity index (χ1v) is 7.07. The molecule has 0 aromatic heterocycles. The third-order valence-corrected chi connectivity index (χ3v) is 3.20. The van der Waals surface area contributed by atoms with E-state index in [4.69, 9.17) is 4.74 Å². The summed E-state index contributed by atoms with van der Waals surface area (Å²) in [5.74, 6) is -1.51. The summed E-state index contributed by atoms with van der Waals surface area (Å²) in [7, 11) is 0. The number of ether oxygens (including phenoxy) is 1. The van der Waals surface area contributed by atoms with Gasteiger partial charge in [-0.25, -0.2) is 4.39 Å². The van der Waals surface area contributed by atoms with Gasteiger partial charge in [-0.05, 0) is 49.7 Å². The van der Waals surface area contributed by atoms with E-state index in [2.05, 4.69) is 19.2 Å². The second-order valence-electron chi connectivity index (χ2n) is 4.90. The summed E-state index contributed by atoms with van der Waals surface area (Å²) in [5.41, 5.74) is 1.04. The molecule has 0 saturated heterocycles. The van der Waals surface area contributed by atoms with Crippen molar-refractivity contribution in [1.29, 1.82) is 0 Å². The van der Waals surface area contributed by atoms with E-state index >= 15 is 0 Å². The number of hydrogen-bond donors (Lipinski definition) is 1. The monoisotopic (exact) mass is 291 g/mol. The molecule has 0 spiro atoms. The maximum atomic E-state index is 13.6. The molecule has 0 aliphatic heterocycles. The molecule has 0 heterocycles. The van der Waals surface area contributed by atoms with E-state index in [1.807, 2.05) is 18.2 Å². The van der Waals surface area contributed by atoms with Crippen LogP contribution in [0.3, 0.4) is 0 Å². The highest BCUT2D eigenvalue weighted by molar-refractivity contribution is 5.35. The Morgan fingerprint density at radius 3 is 2.67 bits per heavy atom. The van der Waals surface area contributed by atoms with Crippen LogP contribution in [-0.2, 0) is 0 Å². The Kier molecular flexibility index (Phi) is 5.28. The van der Waals surface area contributed by atoms with Crippen LogP contribution in [0.25, 0.3) is 0 Å². The van der Waals surface area contributed by atoms with Crippen molar-refractivity contribution in [3.8, 4) is 11.5 Å². The van der Waals surface area contributed by atoms with E-state index in [-0.39, 0.29) is 11.8 Å². The van der Waals surface area contributed by atoms with E-state index in [1.165, 1.54) is 12.1 Å². The molecule has 4 heteroatoms. The first kappa shape index (κ1) is 15.4. The maximum absolute atomic E-state index is 13.6. The molecule has 2 nitrogen and oxygen atoms in total. The summed E-state index contributed by atoms with van der Waals surface area (Å²) in [5, 5.41) is 3.37. The maximum Gasteiger partial charge on any atom is 0.201 e. The minimum Gasteiger partial charge on any atom is -0.454 e. The highest BCUT2D eigenvalue weighted by Gasteiger charge is 2.11. The van der Waals surface area contributed by atoms with Crippen molar-refractivity contribution in [1.82, 2.24) is 5.32 Å². The Morgan fingerprint density at radius 1 is 1.14 bits per heavy atom. The normalized spacial score (nSPS) is 12.2. The Morgan fingerprint density at radius 2 is 1.90 bits per heavy atom. The zero-order chi connectivity index (χ0) is 15.2. The van der Waals surface area contributed by atoms with Crippen LogP contribution >= 0.6 is 0 Å². The van der Waals surface area contributed by atoms with Crippen molar-refractivity contribution in [3.05, 3.63) is 59.7 Å². The third-order valence-electron chi connectivity index (χ3n) is 3.20. The lowest BCUT2D eigenvalue weighted by Gasteiger charge is -2.15.